The molecule has 0 radical (unpaired) electrons. The van der Waals surface area contributed by atoms with Crippen molar-refractivity contribution in [2.45, 2.75) is 25.4 Å². The minimum Gasteiger partial charge on any atom is -0.469 e. The lowest BCUT2D eigenvalue weighted by Gasteiger charge is -2.22. The predicted molar refractivity (Wildman–Crippen MR) is 60.8 cm³/mol. The van der Waals surface area contributed by atoms with Crippen molar-refractivity contribution in [2.75, 3.05) is 13.7 Å². The van der Waals surface area contributed by atoms with E-state index in [0.29, 0.717) is 0 Å². The molecular weight excluding hydrogens is 306 g/mol. The van der Waals surface area contributed by atoms with Crippen LogP contribution in [0.15, 0.2) is 0 Å². The predicted octanol–water partition coefficient (Wildman–Crippen LogP) is -0.0831. The maximum Gasteiger partial charge on any atom is 0.481 e. The fourth-order valence-electron chi connectivity index (χ4n) is 1.01. The molecule has 0 aliphatic rings. The molecule has 0 amide bonds. The number of aliphatic hydroxyl groups is 1. The van der Waals surface area contributed by atoms with E-state index < -0.39 is 33.8 Å². The van der Waals surface area contributed by atoms with E-state index in [-0.39, 0.29) is 12.8 Å². The van der Waals surface area contributed by atoms with E-state index in [4.69, 9.17) is 14.7 Å². The maximum absolute atomic E-state index is 11.0. The minimum absolute atomic E-state index is 0.253. The highest BCUT2D eigenvalue weighted by Gasteiger charge is 2.33. The summed E-state index contributed by atoms with van der Waals surface area (Å²) in [5, 5.41) is 9.70. The van der Waals surface area contributed by atoms with Gasteiger partial charge in [0.05, 0.1) is 25.7 Å². The molecule has 19 heavy (non-hydrogen) atoms. The van der Waals surface area contributed by atoms with E-state index in [0.717, 1.165) is 7.11 Å². The number of carbonyl (C=O) groups excluding carboxylic acids is 1. The molecule has 114 valence electrons. The summed E-state index contributed by atoms with van der Waals surface area (Å²) in [4.78, 5) is 36.5. The Morgan fingerprint density at radius 2 is 1.79 bits per heavy atom. The lowest BCUT2D eigenvalue weighted by molar-refractivity contribution is -0.145. The molecule has 0 saturated carbocycles. The van der Waals surface area contributed by atoms with Crippen molar-refractivity contribution in [1.82, 2.24) is 0 Å². The first-order valence-electron chi connectivity index (χ1n) is 4.90. The van der Waals surface area contributed by atoms with Crippen LogP contribution in [0.1, 0.15) is 19.8 Å². The summed E-state index contributed by atoms with van der Waals surface area (Å²) < 4.78 is 33.5. The number of methoxy groups -OCH3 is 1. The van der Waals surface area contributed by atoms with Crippen molar-refractivity contribution >= 4 is 21.6 Å². The molecule has 2 atom stereocenters. The average Bonchev–Trinajstić information content (AvgIpc) is 2.11. The van der Waals surface area contributed by atoms with E-state index >= 15 is 0 Å². The van der Waals surface area contributed by atoms with E-state index in [1.54, 1.807) is 0 Å². The van der Waals surface area contributed by atoms with Gasteiger partial charge >= 0.3 is 21.6 Å². The molecule has 0 heterocycles. The van der Waals surface area contributed by atoms with Gasteiger partial charge in [-0.15, -0.1) is 0 Å². The molecule has 0 fully saturated rings. The minimum atomic E-state index is -5.17. The summed E-state index contributed by atoms with van der Waals surface area (Å²) in [5.74, 6) is -0.691. The first-order valence-corrected chi connectivity index (χ1v) is 7.93. The summed E-state index contributed by atoms with van der Waals surface area (Å²) in [5.41, 5.74) is -1.56. The maximum atomic E-state index is 11.0. The van der Waals surface area contributed by atoms with Gasteiger partial charge in [0.1, 0.15) is 0 Å². The average molecular weight is 322 g/mol. The highest BCUT2D eigenvalue weighted by Crippen LogP contribution is 2.57. The molecule has 0 rings (SSSR count). The van der Waals surface area contributed by atoms with Crippen LogP contribution in [0.3, 0.4) is 0 Å². The molecule has 0 saturated heterocycles. The summed E-state index contributed by atoms with van der Waals surface area (Å²) in [7, 11) is -8.97. The molecule has 0 spiro atoms. The summed E-state index contributed by atoms with van der Waals surface area (Å²) in [6.45, 7) is 0.706. The molecule has 0 aromatic heterocycles. The number of hydrogen-bond acceptors (Lipinski definition) is 7. The van der Waals surface area contributed by atoms with Crippen LogP contribution >= 0.6 is 15.6 Å². The van der Waals surface area contributed by atoms with E-state index in [9.17, 15) is 19.0 Å². The molecule has 0 aromatic carbocycles. The van der Waals surface area contributed by atoms with Crippen molar-refractivity contribution in [1.29, 1.82) is 0 Å². The third kappa shape index (κ3) is 10.2. The fourth-order valence-corrected chi connectivity index (χ4v) is 2.60. The van der Waals surface area contributed by atoms with Gasteiger partial charge in [-0.25, -0.2) is 9.13 Å². The molecule has 4 N–H and O–H groups in total. The Kier molecular flexibility index (Phi) is 6.80. The number of hydrogen-bond donors (Lipinski definition) is 4. The largest absolute Gasteiger partial charge is 0.481 e. The topological polar surface area (TPSA) is 160 Å². The molecule has 12 heteroatoms. The van der Waals surface area contributed by atoms with Gasteiger partial charge in [-0.1, -0.05) is 0 Å². The van der Waals surface area contributed by atoms with Crippen LogP contribution in [0, 0.1) is 0 Å². The number of ether oxygens (including phenoxy) is 1. The second kappa shape index (κ2) is 6.92. The number of rotatable bonds is 8. The molecule has 0 bridgehead atoms. The Morgan fingerprint density at radius 1 is 1.26 bits per heavy atom. The summed E-state index contributed by atoms with van der Waals surface area (Å²) >= 11 is 0. The zero-order valence-electron chi connectivity index (χ0n) is 10.3. The SMILES string of the molecule is COC(=O)CC(C)(O)CCOP(=O)(O)OP(=O)(O)O. The number of esters is 1. The van der Waals surface area contributed by atoms with Crippen molar-refractivity contribution in [3.8, 4) is 0 Å². The van der Waals surface area contributed by atoms with Crippen molar-refractivity contribution < 1.29 is 47.3 Å². The molecule has 0 aromatic rings. The van der Waals surface area contributed by atoms with Crippen LogP contribution in [-0.2, 0) is 27.5 Å². The van der Waals surface area contributed by atoms with Crippen LogP contribution in [-0.4, -0.2) is 45.1 Å². The Labute approximate surface area is 109 Å². The lowest BCUT2D eigenvalue weighted by Crippen LogP contribution is -2.29. The van der Waals surface area contributed by atoms with Gasteiger partial charge < -0.3 is 24.5 Å². The van der Waals surface area contributed by atoms with Crippen molar-refractivity contribution in [3.05, 3.63) is 0 Å². The zero-order chi connectivity index (χ0) is 15.3. The Hall–Kier alpha value is -0.310. The second-order valence-electron chi connectivity index (χ2n) is 3.87. The van der Waals surface area contributed by atoms with Crippen molar-refractivity contribution in [2.24, 2.45) is 0 Å². The van der Waals surface area contributed by atoms with Gasteiger partial charge in [0.2, 0.25) is 0 Å². The highest BCUT2D eigenvalue weighted by molar-refractivity contribution is 7.60. The van der Waals surface area contributed by atoms with Gasteiger partial charge in [-0.3, -0.25) is 9.32 Å². The Morgan fingerprint density at radius 3 is 2.21 bits per heavy atom. The molecule has 0 aliphatic heterocycles. The van der Waals surface area contributed by atoms with Gasteiger partial charge in [0.15, 0.2) is 0 Å². The number of phosphoric acid groups is 2. The van der Waals surface area contributed by atoms with E-state index in [1.807, 2.05) is 0 Å². The monoisotopic (exact) mass is 322 g/mol. The first kappa shape index (κ1) is 18.7. The normalized spacial score (nSPS) is 18.4. The Balaban J connectivity index is 4.25. The second-order valence-corrected chi connectivity index (χ2v) is 6.70. The third-order valence-corrected chi connectivity index (χ3v) is 4.04. The molecule has 10 nitrogen and oxygen atoms in total. The molecular formula is C7H16O10P2. The number of phosphoric ester groups is 1. The van der Waals surface area contributed by atoms with Crippen LogP contribution in [0.5, 0.6) is 0 Å². The first-order chi connectivity index (χ1) is 8.37. The smallest absolute Gasteiger partial charge is 0.469 e. The number of carbonyl (C=O) groups is 1. The lowest BCUT2D eigenvalue weighted by atomic mass is 9.99. The van der Waals surface area contributed by atoms with Gasteiger partial charge in [-0.2, -0.15) is 4.31 Å². The van der Waals surface area contributed by atoms with Crippen LogP contribution in [0.2, 0.25) is 0 Å². The quantitative estimate of drug-likeness (QED) is 0.351. The van der Waals surface area contributed by atoms with Crippen LogP contribution in [0.25, 0.3) is 0 Å². The van der Waals surface area contributed by atoms with E-state index in [1.165, 1.54) is 6.92 Å². The zero-order valence-corrected chi connectivity index (χ0v) is 12.0. The van der Waals surface area contributed by atoms with E-state index in [2.05, 4.69) is 13.6 Å². The van der Waals surface area contributed by atoms with Gasteiger partial charge in [0.25, 0.3) is 0 Å². The standard InChI is InChI=1S/C7H16O10P2/c1-7(9,5-6(8)15-2)3-4-16-19(13,14)17-18(10,11)12/h9H,3-5H2,1-2H3,(H,13,14)(H2,10,11,12). The molecule has 0 aliphatic carbocycles. The molecule has 2 unspecified atom stereocenters. The van der Waals surface area contributed by atoms with Crippen molar-refractivity contribution in [3.63, 3.8) is 0 Å². The highest BCUT2D eigenvalue weighted by atomic mass is 31.3. The van der Waals surface area contributed by atoms with Crippen LogP contribution in [0.4, 0.5) is 0 Å². The summed E-state index contributed by atoms with van der Waals surface area (Å²) in [6.07, 6.45) is -0.626. The summed E-state index contributed by atoms with van der Waals surface area (Å²) in [6, 6.07) is 0. The third-order valence-electron chi connectivity index (χ3n) is 1.86. The Bertz CT molecular complexity index is 399. The van der Waals surface area contributed by atoms with Gasteiger partial charge in [-0.05, 0) is 6.92 Å². The van der Waals surface area contributed by atoms with Gasteiger partial charge in [0, 0.05) is 6.42 Å². The van der Waals surface area contributed by atoms with Crippen LogP contribution < -0.4 is 0 Å². The fraction of sp³-hybridized carbons (Fsp3) is 0.857.